The Morgan fingerprint density at radius 3 is 2.73 bits per heavy atom. The number of pyridine rings is 1. The summed E-state index contributed by atoms with van der Waals surface area (Å²) in [7, 11) is 0. The van der Waals surface area contributed by atoms with Gasteiger partial charge in [0.15, 0.2) is 5.82 Å². The number of aryl methyl sites for hydroxylation is 1. The molecular formula is C34H35FN6. The van der Waals surface area contributed by atoms with Crippen molar-refractivity contribution in [3.8, 4) is 22.8 Å². The quantitative estimate of drug-likeness (QED) is 0.185. The summed E-state index contributed by atoms with van der Waals surface area (Å²) in [6, 6.07) is 13.4. The van der Waals surface area contributed by atoms with Crippen molar-refractivity contribution in [1.82, 2.24) is 30.0 Å². The molecule has 1 fully saturated rings. The molecule has 0 unspecified atom stereocenters. The van der Waals surface area contributed by atoms with Crippen LogP contribution in [0.5, 0.6) is 0 Å². The zero-order chi connectivity index (χ0) is 28.3. The monoisotopic (exact) mass is 546 g/mol. The molecule has 41 heavy (non-hydrogen) atoms. The SMILES string of the molecule is C=C/C(C)=C\C(=C/C)c1ccc2[nH]nc(-c3nc4c(-c5cc(F)cc(CCCN6CCCC6)c5)nccc4[nH]3)c2c1. The number of rotatable bonds is 9. The average molecular weight is 547 g/mol. The van der Waals surface area contributed by atoms with E-state index >= 15 is 0 Å². The maximum atomic E-state index is 14.8. The number of fused-ring (bicyclic) bond motifs is 2. The molecule has 0 aliphatic carbocycles. The van der Waals surface area contributed by atoms with Crippen molar-refractivity contribution in [2.24, 2.45) is 0 Å². The number of likely N-dealkylation sites (tertiary alicyclic amines) is 1. The number of hydrogen-bond donors (Lipinski definition) is 2. The molecule has 0 spiro atoms. The van der Waals surface area contributed by atoms with Crippen molar-refractivity contribution >= 4 is 27.5 Å². The van der Waals surface area contributed by atoms with E-state index in [2.05, 4.69) is 62.0 Å². The molecule has 2 aromatic carbocycles. The first-order valence-electron chi connectivity index (χ1n) is 14.3. The molecule has 6 rings (SSSR count). The highest BCUT2D eigenvalue weighted by atomic mass is 19.1. The Morgan fingerprint density at radius 1 is 1.07 bits per heavy atom. The number of hydrogen-bond acceptors (Lipinski definition) is 4. The predicted molar refractivity (Wildman–Crippen MR) is 166 cm³/mol. The minimum atomic E-state index is -0.250. The van der Waals surface area contributed by atoms with Gasteiger partial charge < -0.3 is 9.88 Å². The molecule has 2 N–H and O–H groups in total. The lowest BCUT2D eigenvalue weighted by Crippen LogP contribution is -2.20. The number of benzene rings is 2. The van der Waals surface area contributed by atoms with Gasteiger partial charge in [0, 0.05) is 17.1 Å². The summed E-state index contributed by atoms with van der Waals surface area (Å²) < 4.78 is 14.8. The van der Waals surface area contributed by atoms with Crippen LogP contribution in [-0.2, 0) is 6.42 Å². The third-order valence-corrected chi connectivity index (χ3v) is 7.91. The summed E-state index contributed by atoms with van der Waals surface area (Å²) in [5, 5.41) is 8.71. The normalized spacial score (nSPS) is 14.9. The Kier molecular flexibility index (Phi) is 7.61. The summed E-state index contributed by atoms with van der Waals surface area (Å²) in [5.74, 6) is 0.388. The predicted octanol–water partition coefficient (Wildman–Crippen LogP) is 7.87. The van der Waals surface area contributed by atoms with Crippen LogP contribution in [0.3, 0.4) is 0 Å². The van der Waals surface area contributed by atoms with Crippen LogP contribution in [0.2, 0.25) is 0 Å². The van der Waals surface area contributed by atoms with Crippen LogP contribution in [-0.4, -0.2) is 49.7 Å². The van der Waals surface area contributed by atoms with E-state index in [1.807, 2.05) is 32.1 Å². The van der Waals surface area contributed by atoms with E-state index in [0.29, 0.717) is 17.0 Å². The Labute approximate surface area is 239 Å². The van der Waals surface area contributed by atoms with Crippen molar-refractivity contribution < 1.29 is 4.39 Å². The maximum absolute atomic E-state index is 14.8. The number of aromatic nitrogens is 5. The van der Waals surface area contributed by atoms with Gasteiger partial charge in [-0.05, 0) is 112 Å². The van der Waals surface area contributed by atoms with Gasteiger partial charge in [0.2, 0.25) is 0 Å². The fourth-order valence-electron chi connectivity index (χ4n) is 5.71. The van der Waals surface area contributed by atoms with Crippen LogP contribution in [0, 0.1) is 5.82 Å². The summed E-state index contributed by atoms with van der Waals surface area (Å²) in [4.78, 5) is 15.5. The minimum Gasteiger partial charge on any atom is -0.336 e. The molecule has 1 aliphatic heterocycles. The van der Waals surface area contributed by atoms with Gasteiger partial charge in [0.25, 0.3) is 0 Å². The highest BCUT2D eigenvalue weighted by molar-refractivity contribution is 5.97. The average Bonchev–Trinajstić information content (AvgIpc) is 3.74. The van der Waals surface area contributed by atoms with Crippen molar-refractivity contribution in [1.29, 1.82) is 0 Å². The zero-order valence-corrected chi connectivity index (χ0v) is 23.7. The van der Waals surface area contributed by atoms with Gasteiger partial charge in [-0.2, -0.15) is 5.10 Å². The molecule has 7 heteroatoms. The third kappa shape index (κ3) is 5.63. The standard InChI is InChI=1S/C34H35FN6/c1-4-22(3)17-24(5-2)25-10-11-29-28(21-25)32(40-39-29)34-37-30-12-13-36-31(33(30)38-34)26-18-23(19-27(35)20-26)9-8-16-41-14-6-7-15-41/h4-5,10-13,17-21H,1,6-9,14-16H2,2-3H3,(H,37,38)(H,39,40)/b22-17-,24-5+. The van der Waals surface area contributed by atoms with Gasteiger partial charge in [0.05, 0.1) is 16.7 Å². The fraction of sp³-hybridized carbons (Fsp3) is 0.265. The number of imidazole rings is 1. The Bertz CT molecular complexity index is 1780. The van der Waals surface area contributed by atoms with Crippen LogP contribution in [0.1, 0.15) is 44.2 Å². The molecule has 5 aromatic rings. The second kappa shape index (κ2) is 11.6. The first-order chi connectivity index (χ1) is 20.0. The first kappa shape index (κ1) is 26.8. The van der Waals surface area contributed by atoms with Crippen LogP contribution < -0.4 is 0 Å². The van der Waals surface area contributed by atoms with Crippen LogP contribution in [0.25, 0.3) is 50.3 Å². The number of nitrogens with zero attached hydrogens (tertiary/aromatic N) is 4. The molecule has 208 valence electrons. The third-order valence-electron chi connectivity index (χ3n) is 7.91. The van der Waals surface area contributed by atoms with E-state index in [4.69, 9.17) is 4.98 Å². The van der Waals surface area contributed by atoms with Crippen molar-refractivity contribution in [3.05, 3.63) is 96.0 Å². The summed E-state index contributed by atoms with van der Waals surface area (Å²) in [6.45, 7) is 11.4. The van der Waals surface area contributed by atoms with Gasteiger partial charge in [0.1, 0.15) is 17.0 Å². The molecule has 3 aromatic heterocycles. The van der Waals surface area contributed by atoms with Gasteiger partial charge >= 0.3 is 0 Å². The van der Waals surface area contributed by atoms with Crippen LogP contribution >= 0.6 is 0 Å². The molecule has 0 amide bonds. The second-order valence-corrected chi connectivity index (χ2v) is 10.8. The maximum Gasteiger partial charge on any atom is 0.159 e. The fourth-order valence-corrected chi connectivity index (χ4v) is 5.71. The second-order valence-electron chi connectivity index (χ2n) is 10.8. The Balaban J connectivity index is 1.34. The Hall–Kier alpha value is -4.36. The van der Waals surface area contributed by atoms with E-state index in [9.17, 15) is 4.39 Å². The lowest BCUT2D eigenvalue weighted by atomic mass is 10.0. The lowest BCUT2D eigenvalue weighted by molar-refractivity contribution is 0.334. The molecule has 0 atom stereocenters. The number of aromatic amines is 2. The zero-order valence-electron chi connectivity index (χ0n) is 23.7. The van der Waals surface area contributed by atoms with Crippen LogP contribution in [0.15, 0.2) is 79.0 Å². The smallest absolute Gasteiger partial charge is 0.159 e. The van der Waals surface area contributed by atoms with Gasteiger partial charge in [-0.3, -0.25) is 10.1 Å². The highest BCUT2D eigenvalue weighted by Gasteiger charge is 2.18. The van der Waals surface area contributed by atoms with Gasteiger partial charge in [-0.15, -0.1) is 0 Å². The summed E-state index contributed by atoms with van der Waals surface area (Å²) in [5.41, 5.74) is 8.84. The molecule has 1 aliphatic rings. The lowest BCUT2D eigenvalue weighted by Gasteiger charge is -2.14. The topological polar surface area (TPSA) is 73.5 Å². The molecule has 1 saturated heterocycles. The largest absolute Gasteiger partial charge is 0.336 e. The van der Waals surface area contributed by atoms with E-state index in [-0.39, 0.29) is 5.82 Å². The van der Waals surface area contributed by atoms with E-state index in [1.165, 1.54) is 25.9 Å². The molecule has 0 bridgehead atoms. The molecule has 4 heterocycles. The van der Waals surface area contributed by atoms with Crippen molar-refractivity contribution in [2.45, 2.75) is 39.5 Å². The van der Waals surface area contributed by atoms with E-state index in [0.717, 1.165) is 69.3 Å². The molecule has 0 saturated carbocycles. The number of nitrogens with one attached hydrogen (secondary N) is 2. The van der Waals surface area contributed by atoms with E-state index < -0.39 is 0 Å². The highest BCUT2D eigenvalue weighted by Crippen LogP contribution is 2.32. The van der Waals surface area contributed by atoms with E-state index in [1.54, 1.807) is 18.3 Å². The van der Waals surface area contributed by atoms with Crippen LogP contribution in [0.4, 0.5) is 4.39 Å². The molecular weight excluding hydrogens is 511 g/mol. The summed E-state index contributed by atoms with van der Waals surface area (Å²) in [6.07, 6.45) is 12.2. The number of allylic oxidation sites excluding steroid dienone is 5. The van der Waals surface area contributed by atoms with Crippen molar-refractivity contribution in [2.75, 3.05) is 19.6 Å². The van der Waals surface area contributed by atoms with Crippen molar-refractivity contribution in [3.63, 3.8) is 0 Å². The van der Waals surface area contributed by atoms with Gasteiger partial charge in [-0.25, -0.2) is 9.37 Å². The molecule has 6 nitrogen and oxygen atoms in total. The number of halogens is 1. The Morgan fingerprint density at radius 2 is 1.93 bits per heavy atom. The van der Waals surface area contributed by atoms with Gasteiger partial charge in [-0.1, -0.05) is 36.4 Å². The number of H-pyrrole nitrogens is 2. The first-order valence-corrected chi connectivity index (χ1v) is 14.3. The summed E-state index contributed by atoms with van der Waals surface area (Å²) >= 11 is 0. The minimum absolute atomic E-state index is 0.250. The molecule has 0 radical (unpaired) electrons.